The molecule has 50 heavy (non-hydrogen) atoms. The molecular formula is C38H51N9O3. The van der Waals surface area contributed by atoms with Gasteiger partial charge in [-0.2, -0.15) is 0 Å². The molecule has 3 saturated heterocycles. The van der Waals surface area contributed by atoms with Crippen LogP contribution >= 0.6 is 0 Å². The predicted octanol–water partition coefficient (Wildman–Crippen LogP) is 4.97. The van der Waals surface area contributed by atoms with Gasteiger partial charge in [0.15, 0.2) is 0 Å². The molecule has 0 bridgehead atoms. The third-order valence-electron chi connectivity index (χ3n) is 11.9. The maximum atomic E-state index is 12.4. The van der Waals surface area contributed by atoms with Crippen LogP contribution in [0.15, 0.2) is 36.7 Å². The fraction of sp³-hybridized carbons (Fsp3) is 0.553. The number of rotatable bonds is 5. The normalized spacial score (nSPS) is 25.2. The summed E-state index contributed by atoms with van der Waals surface area (Å²) in [5.41, 5.74) is 18.2. The Morgan fingerprint density at radius 2 is 1.76 bits per heavy atom. The number of likely N-dealkylation sites (tertiary alicyclic amines) is 2. The summed E-state index contributed by atoms with van der Waals surface area (Å²) >= 11 is 0. The summed E-state index contributed by atoms with van der Waals surface area (Å²) in [4.78, 5) is 34.9. The minimum Gasteiger partial charge on any atom is -0.507 e. The second kappa shape index (κ2) is 11.8. The van der Waals surface area contributed by atoms with Crippen LogP contribution in [0.5, 0.6) is 5.75 Å². The first-order chi connectivity index (χ1) is 23.8. The van der Waals surface area contributed by atoms with Crippen LogP contribution in [0.4, 0.5) is 22.2 Å². The third-order valence-corrected chi connectivity index (χ3v) is 11.9. The summed E-state index contributed by atoms with van der Waals surface area (Å²) in [6, 6.07) is 7.67. The average Bonchev–Trinajstić information content (AvgIpc) is 3.73. The highest BCUT2D eigenvalue weighted by molar-refractivity contribution is 5.86. The van der Waals surface area contributed by atoms with Crippen LogP contribution in [0.25, 0.3) is 11.8 Å². The van der Waals surface area contributed by atoms with E-state index in [-0.39, 0.29) is 17.9 Å². The Morgan fingerprint density at radius 1 is 1.04 bits per heavy atom. The van der Waals surface area contributed by atoms with E-state index in [1.165, 1.54) is 25.7 Å². The molecule has 2 atom stereocenters. The Bertz CT molecular complexity index is 1800. The number of aromatic hydroxyl groups is 1. The number of phenolic OH excluding ortho intramolecular Hbond substituents is 1. The van der Waals surface area contributed by atoms with Crippen molar-refractivity contribution >= 4 is 35.3 Å². The molecule has 4 aliphatic heterocycles. The smallest absolute Gasteiger partial charge is 0.410 e. The van der Waals surface area contributed by atoms with Gasteiger partial charge in [-0.05, 0) is 78.1 Å². The highest BCUT2D eigenvalue weighted by Crippen LogP contribution is 2.53. The lowest BCUT2D eigenvalue weighted by molar-refractivity contribution is -0.105. The highest BCUT2D eigenvalue weighted by atomic mass is 16.6. The quantitative estimate of drug-likeness (QED) is 0.290. The molecule has 6 heterocycles. The average molecular weight is 682 g/mol. The van der Waals surface area contributed by atoms with Gasteiger partial charge in [0.05, 0.1) is 24.1 Å². The number of hydrogen-bond donors (Lipinski definition) is 4. The van der Waals surface area contributed by atoms with Crippen molar-refractivity contribution in [1.82, 2.24) is 24.8 Å². The molecule has 0 radical (unpaired) electrons. The molecule has 2 unspecified atom stereocenters. The van der Waals surface area contributed by atoms with E-state index in [0.29, 0.717) is 39.9 Å². The van der Waals surface area contributed by atoms with E-state index in [1.54, 1.807) is 18.2 Å². The topological polar surface area (TPSA) is 153 Å². The van der Waals surface area contributed by atoms with Crippen LogP contribution in [-0.2, 0) is 11.2 Å². The maximum absolute atomic E-state index is 12.4. The molecule has 266 valence electrons. The molecule has 12 heteroatoms. The molecule has 8 rings (SSSR count). The largest absolute Gasteiger partial charge is 0.507 e. The number of carbonyl (C=O) groups excluding carboxylic acids is 1. The van der Waals surface area contributed by atoms with E-state index in [2.05, 4.69) is 26.6 Å². The van der Waals surface area contributed by atoms with E-state index in [1.807, 2.05) is 50.2 Å². The number of para-hydroxylation sites is 1. The van der Waals surface area contributed by atoms with E-state index in [4.69, 9.17) is 26.2 Å². The van der Waals surface area contributed by atoms with Gasteiger partial charge in [0.1, 0.15) is 17.2 Å². The van der Waals surface area contributed by atoms with Gasteiger partial charge in [-0.15, -0.1) is 0 Å². The summed E-state index contributed by atoms with van der Waals surface area (Å²) in [6.45, 7) is 14.7. The lowest BCUT2D eigenvalue weighted by atomic mass is 9.60. The van der Waals surface area contributed by atoms with Gasteiger partial charge in [-0.25, -0.2) is 14.8 Å². The molecule has 2 spiro atoms. The van der Waals surface area contributed by atoms with Crippen molar-refractivity contribution < 1.29 is 14.6 Å². The minimum atomic E-state index is -0.446. The monoisotopic (exact) mass is 681 g/mol. The summed E-state index contributed by atoms with van der Waals surface area (Å²) in [5.74, 6) is 1.41. The number of fused-ring (bicyclic) bond motifs is 1. The summed E-state index contributed by atoms with van der Waals surface area (Å²) in [7, 11) is 0. The van der Waals surface area contributed by atoms with Crippen molar-refractivity contribution in [2.75, 3.05) is 61.3 Å². The zero-order chi connectivity index (χ0) is 35.0. The number of phenols is 1. The number of nitrogen functional groups attached to an aromatic ring is 1. The molecule has 5 aliphatic rings. The molecule has 1 aliphatic carbocycles. The van der Waals surface area contributed by atoms with Gasteiger partial charge in [-0.3, -0.25) is 4.90 Å². The molecule has 1 amide bonds. The summed E-state index contributed by atoms with van der Waals surface area (Å²) < 4.78 is 5.57. The summed E-state index contributed by atoms with van der Waals surface area (Å²) in [5, 5.41) is 10.3. The van der Waals surface area contributed by atoms with Crippen LogP contribution < -0.4 is 21.3 Å². The number of aromatic amines is 1. The van der Waals surface area contributed by atoms with E-state index < -0.39 is 5.60 Å². The second-order valence-corrected chi connectivity index (χ2v) is 16.6. The van der Waals surface area contributed by atoms with Crippen molar-refractivity contribution in [3.05, 3.63) is 59.0 Å². The maximum Gasteiger partial charge on any atom is 0.410 e. The van der Waals surface area contributed by atoms with Gasteiger partial charge in [0, 0.05) is 90.6 Å². The molecule has 2 aromatic heterocycles. The van der Waals surface area contributed by atoms with Crippen LogP contribution in [0.2, 0.25) is 0 Å². The molecule has 12 nitrogen and oxygen atoms in total. The van der Waals surface area contributed by atoms with Crippen LogP contribution in [-0.4, -0.2) is 93.4 Å². The Balaban J connectivity index is 0.878. The van der Waals surface area contributed by atoms with Gasteiger partial charge in [-0.1, -0.05) is 12.1 Å². The number of carbonyl (C=O) groups is 1. The number of hydrogen-bond acceptors (Lipinski definition) is 10. The number of nitrogens with one attached hydrogen (secondary N) is 1. The van der Waals surface area contributed by atoms with Crippen LogP contribution in [0.1, 0.15) is 81.8 Å². The summed E-state index contributed by atoms with van der Waals surface area (Å²) in [6.07, 6.45) is 11.2. The Hall–Kier alpha value is -4.45. The molecule has 1 saturated carbocycles. The Labute approximate surface area is 294 Å². The lowest BCUT2D eigenvalue weighted by Gasteiger charge is -2.60. The number of anilines is 3. The number of nitrogens with zero attached hydrogens (tertiary/aromatic N) is 6. The first-order valence-corrected chi connectivity index (χ1v) is 18.1. The standard InChI is InChI=1S/C38H51N9O3/c1-24-32-28(15-29(39)27-7-5-6-8-31(27)48)33(40)43-30(32)9-12-47(24)34-41-18-26(19-42-34)45-14-11-37(21-45)10-13-44(20-37)25-16-38(17-25)22-46(23-38)35(49)50-36(2,3)4/h5-8,15,18-19,24-25,43,48H,9-14,16-17,20-23,39-40H2,1-4H3/b29-15-. The fourth-order valence-electron chi connectivity index (χ4n) is 9.31. The zero-order valence-corrected chi connectivity index (χ0v) is 29.8. The molecule has 3 aromatic rings. The SMILES string of the molecule is CC1c2c([nH]c(N)c2/C=C(\N)c2ccccc2O)CCN1c1ncc(N2CCC3(CCN(C4CC5(C4)CN(C(=O)OC(C)(C)C)C5)C3)C2)cn1. The first kappa shape index (κ1) is 32.7. The van der Waals surface area contributed by atoms with Crippen molar-refractivity contribution in [2.45, 2.75) is 77.5 Å². The van der Waals surface area contributed by atoms with Crippen molar-refractivity contribution in [3.63, 3.8) is 0 Å². The van der Waals surface area contributed by atoms with Crippen molar-refractivity contribution in [1.29, 1.82) is 0 Å². The first-order valence-electron chi connectivity index (χ1n) is 18.1. The van der Waals surface area contributed by atoms with Crippen LogP contribution in [0.3, 0.4) is 0 Å². The zero-order valence-electron chi connectivity index (χ0n) is 29.8. The predicted molar refractivity (Wildman–Crippen MR) is 196 cm³/mol. The van der Waals surface area contributed by atoms with Gasteiger partial charge in [0.25, 0.3) is 0 Å². The number of H-pyrrole nitrogens is 1. The van der Waals surface area contributed by atoms with E-state index in [9.17, 15) is 9.90 Å². The van der Waals surface area contributed by atoms with Crippen molar-refractivity contribution in [3.8, 4) is 5.75 Å². The van der Waals surface area contributed by atoms with Gasteiger partial charge >= 0.3 is 6.09 Å². The number of benzene rings is 1. The van der Waals surface area contributed by atoms with E-state index >= 15 is 0 Å². The van der Waals surface area contributed by atoms with Crippen LogP contribution in [0, 0.1) is 10.8 Å². The number of aromatic nitrogens is 3. The number of amides is 1. The van der Waals surface area contributed by atoms with Crippen molar-refractivity contribution in [2.24, 2.45) is 16.6 Å². The Kier molecular flexibility index (Phi) is 7.74. The minimum absolute atomic E-state index is 0.0212. The Morgan fingerprint density at radius 3 is 2.48 bits per heavy atom. The molecular weight excluding hydrogens is 630 g/mol. The molecule has 1 aromatic carbocycles. The molecule has 6 N–H and O–H groups in total. The highest BCUT2D eigenvalue weighted by Gasteiger charge is 2.57. The van der Waals surface area contributed by atoms with Gasteiger partial charge < -0.3 is 41.0 Å². The second-order valence-electron chi connectivity index (χ2n) is 16.6. The lowest BCUT2D eigenvalue weighted by Crippen LogP contribution is -2.67. The fourth-order valence-corrected chi connectivity index (χ4v) is 9.31. The van der Waals surface area contributed by atoms with Gasteiger partial charge in [0.2, 0.25) is 5.95 Å². The number of ether oxygens (including phenoxy) is 1. The third kappa shape index (κ3) is 5.80. The number of nitrogens with two attached hydrogens (primary N) is 2. The molecule has 4 fully saturated rings. The van der Waals surface area contributed by atoms with E-state index in [0.717, 1.165) is 74.7 Å².